The van der Waals surface area contributed by atoms with Gasteiger partial charge in [-0.3, -0.25) is 9.48 Å². The molecule has 2 aromatic rings. The van der Waals surface area contributed by atoms with Crippen LogP contribution in [-0.4, -0.2) is 26.8 Å². The van der Waals surface area contributed by atoms with Gasteiger partial charge in [0.2, 0.25) is 5.91 Å². The van der Waals surface area contributed by atoms with Crippen LogP contribution in [-0.2, 0) is 22.6 Å². The highest BCUT2D eigenvalue weighted by atomic mass is 16.4. The number of carboxylic acids is 1. The summed E-state index contributed by atoms with van der Waals surface area (Å²) in [5, 5.41) is 16.5. The van der Waals surface area contributed by atoms with Gasteiger partial charge in [0.15, 0.2) is 6.04 Å². The minimum atomic E-state index is -1.08. The summed E-state index contributed by atoms with van der Waals surface area (Å²) in [4.78, 5) is 23.9. The van der Waals surface area contributed by atoms with E-state index in [9.17, 15) is 14.7 Å². The van der Waals surface area contributed by atoms with Crippen LogP contribution in [0.25, 0.3) is 0 Å². The summed E-state index contributed by atoms with van der Waals surface area (Å²) < 4.78 is 1.91. The topological polar surface area (TPSA) is 84.2 Å². The smallest absolute Gasteiger partial charge is 0.330 e. The van der Waals surface area contributed by atoms with Crippen molar-refractivity contribution in [2.45, 2.75) is 46.7 Å². The van der Waals surface area contributed by atoms with Crippen molar-refractivity contribution < 1.29 is 14.7 Å². The molecule has 0 spiro atoms. The van der Waals surface area contributed by atoms with Crippen LogP contribution in [0.1, 0.15) is 42.4 Å². The third kappa shape index (κ3) is 4.68. The summed E-state index contributed by atoms with van der Waals surface area (Å²) >= 11 is 0. The van der Waals surface area contributed by atoms with Gasteiger partial charge < -0.3 is 10.4 Å². The van der Waals surface area contributed by atoms with Crippen LogP contribution in [0, 0.1) is 19.8 Å². The number of aryl methyl sites for hydroxylation is 1. The van der Waals surface area contributed by atoms with Gasteiger partial charge in [-0.25, -0.2) is 4.79 Å². The molecule has 1 aromatic heterocycles. The number of aliphatic carboxylic acids is 1. The molecule has 0 bridgehead atoms. The summed E-state index contributed by atoms with van der Waals surface area (Å²) in [6.07, 6.45) is 0.117. The van der Waals surface area contributed by atoms with Crippen molar-refractivity contribution in [2.75, 3.05) is 0 Å². The molecular weight excluding hydrogens is 318 g/mol. The van der Waals surface area contributed by atoms with Gasteiger partial charge in [0.1, 0.15) is 0 Å². The standard InChI is InChI=1S/C19H25N3O3/c1-12(2)11-22-14(4)16(13(3)21-22)10-17(23)20-18(19(24)25)15-8-6-5-7-9-15/h5-9,12,18H,10-11H2,1-4H3,(H,20,23)(H,24,25). The molecule has 0 fully saturated rings. The van der Waals surface area contributed by atoms with Crippen LogP contribution in [0.5, 0.6) is 0 Å². The minimum absolute atomic E-state index is 0.117. The molecule has 134 valence electrons. The molecule has 2 N–H and O–H groups in total. The Kier molecular flexibility index (Phi) is 5.96. The first kappa shape index (κ1) is 18.7. The molecule has 25 heavy (non-hydrogen) atoms. The zero-order chi connectivity index (χ0) is 18.6. The van der Waals surface area contributed by atoms with Gasteiger partial charge in [0.05, 0.1) is 12.1 Å². The lowest BCUT2D eigenvalue weighted by Gasteiger charge is -2.15. The number of benzene rings is 1. The van der Waals surface area contributed by atoms with Gasteiger partial charge >= 0.3 is 5.97 Å². The van der Waals surface area contributed by atoms with E-state index >= 15 is 0 Å². The molecular formula is C19H25N3O3. The van der Waals surface area contributed by atoms with Crippen LogP contribution in [0.2, 0.25) is 0 Å². The fourth-order valence-corrected chi connectivity index (χ4v) is 2.82. The van der Waals surface area contributed by atoms with Gasteiger partial charge in [-0.2, -0.15) is 5.10 Å². The zero-order valence-electron chi connectivity index (χ0n) is 15.1. The van der Waals surface area contributed by atoms with Gasteiger partial charge in [-0.15, -0.1) is 0 Å². The van der Waals surface area contributed by atoms with Crippen molar-refractivity contribution in [3.8, 4) is 0 Å². The van der Waals surface area contributed by atoms with Gasteiger partial charge in [0, 0.05) is 17.8 Å². The predicted molar refractivity (Wildman–Crippen MR) is 95.2 cm³/mol. The first-order valence-electron chi connectivity index (χ1n) is 8.39. The predicted octanol–water partition coefficient (Wildman–Crippen LogP) is 2.64. The monoisotopic (exact) mass is 343 g/mol. The van der Waals surface area contributed by atoms with Crippen LogP contribution >= 0.6 is 0 Å². The molecule has 6 heteroatoms. The van der Waals surface area contributed by atoms with Crippen molar-refractivity contribution in [1.29, 1.82) is 0 Å². The minimum Gasteiger partial charge on any atom is -0.479 e. The quantitative estimate of drug-likeness (QED) is 0.809. The van der Waals surface area contributed by atoms with E-state index < -0.39 is 12.0 Å². The molecule has 0 aliphatic carbocycles. The highest BCUT2D eigenvalue weighted by molar-refractivity contribution is 5.86. The molecule has 0 saturated carbocycles. The van der Waals surface area contributed by atoms with Crippen molar-refractivity contribution in [1.82, 2.24) is 15.1 Å². The maximum Gasteiger partial charge on any atom is 0.330 e. The molecule has 1 unspecified atom stereocenters. The van der Waals surface area contributed by atoms with Crippen LogP contribution < -0.4 is 5.32 Å². The normalized spacial score (nSPS) is 12.2. The molecule has 0 aliphatic rings. The lowest BCUT2D eigenvalue weighted by molar-refractivity contribution is -0.141. The maximum absolute atomic E-state index is 12.4. The highest BCUT2D eigenvalue weighted by Crippen LogP contribution is 2.17. The van der Waals surface area contributed by atoms with E-state index in [0.29, 0.717) is 11.5 Å². The van der Waals surface area contributed by atoms with E-state index in [2.05, 4.69) is 24.3 Å². The molecule has 1 heterocycles. The number of hydrogen-bond acceptors (Lipinski definition) is 3. The van der Waals surface area contributed by atoms with Crippen LogP contribution in [0.3, 0.4) is 0 Å². The lowest BCUT2D eigenvalue weighted by Crippen LogP contribution is -2.34. The fraction of sp³-hybridized carbons (Fsp3) is 0.421. The van der Waals surface area contributed by atoms with E-state index in [1.54, 1.807) is 30.3 Å². The molecule has 1 atom stereocenters. The number of carbonyl (C=O) groups excluding carboxylic acids is 1. The summed E-state index contributed by atoms with van der Waals surface area (Å²) in [5.41, 5.74) is 3.16. The molecule has 6 nitrogen and oxygen atoms in total. The number of carbonyl (C=O) groups is 2. The largest absolute Gasteiger partial charge is 0.479 e. The number of hydrogen-bond donors (Lipinski definition) is 2. The maximum atomic E-state index is 12.4. The second kappa shape index (κ2) is 7.96. The molecule has 2 rings (SSSR count). The number of carboxylic acid groups (broad SMARTS) is 1. The molecule has 1 amide bonds. The first-order valence-corrected chi connectivity index (χ1v) is 8.39. The van der Waals surface area contributed by atoms with Crippen LogP contribution in [0.15, 0.2) is 30.3 Å². The third-order valence-corrected chi connectivity index (χ3v) is 4.09. The Balaban J connectivity index is 2.14. The second-order valence-corrected chi connectivity index (χ2v) is 6.65. The van der Waals surface area contributed by atoms with Crippen LogP contribution in [0.4, 0.5) is 0 Å². The Morgan fingerprint density at radius 2 is 1.84 bits per heavy atom. The molecule has 1 aromatic carbocycles. The fourth-order valence-electron chi connectivity index (χ4n) is 2.82. The second-order valence-electron chi connectivity index (χ2n) is 6.65. The summed E-state index contributed by atoms with van der Waals surface area (Å²) in [7, 11) is 0. The lowest BCUT2D eigenvalue weighted by atomic mass is 10.1. The van der Waals surface area contributed by atoms with Crippen molar-refractivity contribution in [3.63, 3.8) is 0 Å². The number of rotatable bonds is 7. The Bertz CT molecular complexity index is 751. The summed E-state index contributed by atoms with van der Waals surface area (Å²) in [6, 6.07) is 7.63. The Labute approximate surface area is 147 Å². The zero-order valence-corrected chi connectivity index (χ0v) is 15.1. The highest BCUT2D eigenvalue weighted by Gasteiger charge is 2.23. The van der Waals surface area contributed by atoms with E-state index in [4.69, 9.17) is 0 Å². The Hall–Kier alpha value is -2.63. The Morgan fingerprint density at radius 3 is 2.40 bits per heavy atom. The summed E-state index contributed by atoms with van der Waals surface area (Å²) in [5.74, 6) is -0.954. The first-order chi connectivity index (χ1) is 11.8. The Morgan fingerprint density at radius 1 is 1.20 bits per heavy atom. The van der Waals surface area contributed by atoms with Gasteiger partial charge in [0.25, 0.3) is 0 Å². The summed E-state index contributed by atoms with van der Waals surface area (Å²) in [6.45, 7) is 8.82. The number of nitrogens with zero attached hydrogens (tertiary/aromatic N) is 2. The molecule has 0 radical (unpaired) electrons. The van der Waals surface area contributed by atoms with E-state index in [-0.39, 0.29) is 12.3 Å². The van der Waals surface area contributed by atoms with Gasteiger partial charge in [-0.1, -0.05) is 44.2 Å². The van der Waals surface area contributed by atoms with Crippen molar-refractivity contribution in [3.05, 3.63) is 52.8 Å². The number of amides is 1. The SMILES string of the molecule is Cc1nn(CC(C)C)c(C)c1CC(=O)NC(C(=O)O)c1ccccc1. The van der Waals surface area contributed by atoms with E-state index in [1.165, 1.54) is 0 Å². The third-order valence-electron chi connectivity index (χ3n) is 4.09. The molecule has 0 aliphatic heterocycles. The van der Waals surface area contributed by atoms with Crippen molar-refractivity contribution >= 4 is 11.9 Å². The average Bonchev–Trinajstić information content (AvgIpc) is 2.80. The van der Waals surface area contributed by atoms with Gasteiger partial charge in [-0.05, 0) is 25.3 Å². The van der Waals surface area contributed by atoms with E-state index in [0.717, 1.165) is 23.5 Å². The number of aromatic nitrogens is 2. The molecule has 0 saturated heterocycles. The number of nitrogens with one attached hydrogen (secondary N) is 1. The van der Waals surface area contributed by atoms with E-state index in [1.807, 2.05) is 18.5 Å². The van der Waals surface area contributed by atoms with Crippen molar-refractivity contribution in [2.24, 2.45) is 5.92 Å². The average molecular weight is 343 g/mol.